The van der Waals surface area contributed by atoms with Gasteiger partial charge in [0.25, 0.3) is 0 Å². The van der Waals surface area contributed by atoms with Crippen molar-refractivity contribution < 1.29 is 9.21 Å². The number of hydrogen-bond donors (Lipinski definition) is 0. The zero-order valence-corrected chi connectivity index (χ0v) is 12.9. The molecule has 1 aliphatic rings. The highest BCUT2D eigenvalue weighted by Gasteiger charge is 2.16. The van der Waals surface area contributed by atoms with Crippen molar-refractivity contribution in [1.29, 1.82) is 0 Å². The van der Waals surface area contributed by atoms with E-state index in [1.54, 1.807) is 0 Å². The fraction of sp³-hybridized carbons (Fsp3) is 0.500. The quantitative estimate of drug-likeness (QED) is 0.793. The summed E-state index contributed by atoms with van der Waals surface area (Å²) in [6.45, 7) is 7.21. The summed E-state index contributed by atoms with van der Waals surface area (Å²) in [5, 5.41) is 1.04. The molecule has 1 saturated heterocycles. The zero-order valence-electron chi connectivity index (χ0n) is 12.9. The lowest BCUT2D eigenvalue weighted by molar-refractivity contribution is 0.0934. The van der Waals surface area contributed by atoms with Crippen LogP contribution in [0.3, 0.4) is 0 Å². The molecule has 3 rings (SSSR count). The van der Waals surface area contributed by atoms with E-state index in [0.717, 1.165) is 36.2 Å². The number of carbonyl (C=O) groups excluding carboxylic acids is 1. The third kappa shape index (κ3) is 3.18. The average Bonchev–Trinajstić information content (AvgIpc) is 2.90. The number of rotatable bonds is 4. The number of piperidine rings is 1. The maximum atomic E-state index is 12.3. The van der Waals surface area contributed by atoms with Crippen LogP contribution in [0.15, 0.2) is 22.6 Å². The Hall–Kier alpha value is -1.61. The Labute approximate surface area is 125 Å². The SMILES string of the molecule is Cc1cc(C)c2oc(C(=O)CCN3CCCCC3)cc2c1. The summed E-state index contributed by atoms with van der Waals surface area (Å²) >= 11 is 0. The predicted octanol–water partition coefficient (Wildman–Crippen LogP) is 4.11. The summed E-state index contributed by atoms with van der Waals surface area (Å²) in [5.41, 5.74) is 3.15. The molecule has 3 heteroatoms. The molecule has 0 unspecified atom stereocenters. The monoisotopic (exact) mass is 285 g/mol. The van der Waals surface area contributed by atoms with Crippen LogP contribution in [0.4, 0.5) is 0 Å². The zero-order chi connectivity index (χ0) is 14.8. The van der Waals surface area contributed by atoms with E-state index in [0.29, 0.717) is 12.2 Å². The van der Waals surface area contributed by atoms with Crippen LogP contribution in [0.25, 0.3) is 11.0 Å². The van der Waals surface area contributed by atoms with Gasteiger partial charge in [-0.15, -0.1) is 0 Å². The van der Waals surface area contributed by atoms with Gasteiger partial charge in [0.05, 0.1) is 0 Å². The molecule has 3 nitrogen and oxygen atoms in total. The highest BCUT2D eigenvalue weighted by molar-refractivity contribution is 5.98. The molecule has 0 N–H and O–H groups in total. The van der Waals surface area contributed by atoms with E-state index in [9.17, 15) is 4.79 Å². The first-order valence-corrected chi connectivity index (χ1v) is 7.90. The summed E-state index contributed by atoms with van der Waals surface area (Å²) in [7, 11) is 0. The van der Waals surface area contributed by atoms with Gasteiger partial charge in [-0.1, -0.05) is 18.1 Å². The highest BCUT2D eigenvalue weighted by Crippen LogP contribution is 2.25. The Morgan fingerprint density at radius 3 is 2.67 bits per heavy atom. The maximum Gasteiger partial charge on any atom is 0.199 e. The molecule has 1 aromatic heterocycles. The van der Waals surface area contributed by atoms with Crippen LogP contribution in [0.5, 0.6) is 0 Å². The van der Waals surface area contributed by atoms with E-state index in [1.807, 2.05) is 13.0 Å². The van der Waals surface area contributed by atoms with Gasteiger partial charge in [0.1, 0.15) is 5.58 Å². The molecule has 0 amide bonds. The topological polar surface area (TPSA) is 33.5 Å². The average molecular weight is 285 g/mol. The van der Waals surface area contributed by atoms with Crippen LogP contribution < -0.4 is 0 Å². The summed E-state index contributed by atoms with van der Waals surface area (Å²) in [6.07, 6.45) is 4.40. The molecule has 112 valence electrons. The lowest BCUT2D eigenvalue weighted by atomic mass is 10.1. The summed E-state index contributed by atoms with van der Waals surface area (Å²) < 4.78 is 5.79. The van der Waals surface area contributed by atoms with Crippen molar-refractivity contribution in [3.63, 3.8) is 0 Å². The van der Waals surface area contributed by atoms with Crippen LogP contribution in [0, 0.1) is 13.8 Å². The number of fused-ring (bicyclic) bond motifs is 1. The van der Waals surface area contributed by atoms with Gasteiger partial charge in [-0.05, 0) is 57.5 Å². The van der Waals surface area contributed by atoms with E-state index in [2.05, 4.69) is 24.0 Å². The number of hydrogen-bond acceptors (Lipinski definition) is 3. The number of Topliss-reactive ketones (excluding diaryl/α,β-unsaturated/α-hetero) is 1. The second-order valence-electron chi connectivity index (χ2n) is 6.19. The molecule has 1 aromatic carbocycles. The molecule has 1 fully saturated rings. The van der Waals surface area contributed by atoms with E-state index >= 15 is 0 Å². The van der Waals surface area contributed by atoms with Gasteiger partial charge in [-0.3, -0.25) is 4.79 Å². The van der Waals surface area contributed by atoms with Crippen LogP contribution in [0.2, 0.25) is 0 Å². The van der Waals surface area contributed by atoms with Crippen molar-refractivity contribution in [2.45, 2.75) is 39.5 Å². The van der Waals surface area contributed by atoms with Gasteiger partial charge in [-0.25, -0.2) is 0 Å². The van der Waals surface area contributed by atoms with Crippen LogP contribution in [-0.2, 0) is 0 Å². The maximum absolute atomic E-state index is 12.3. The molecule has 0 radical (unpaired) electrons. The minimum absolute atomic E-state index is 0.119. The Kier molecular flexibility index (Phi) is 4.11. The van der Waals surface area contributed by atoms with Crippen LogP contribution in [0.1, 0.15) is 47.4 Å². The van der Waals surface area contributed by atoms with Crippen molar-refractivity contribution in [3.05, 3.63) is 35.1 Å². The van der Waals surface area contributed by atoms with Crippen molar-refractivity contribution in [1.82, 2.24) is 4.90 Å². The van der Waals surface area contributed by atoms with E-state index in [4.69, 9.17) is 4.42 Å². The number of carbonyl (C=O) groups is 1. The number of likely N-dealkylation sites (tertiary alicyclic amines) is 1. The Morgan fingerprint density at radius 2 is 1.90 bits per heavy atom. The van der Waals surface area contributed by atoms with Crippen molar-refractivity contribution in [3.8, 4) is 0 Å². The molecule has 2 heterocycles. The van der Waals surface area contributed by atoms with Gasteiger partial charge in [-0.2, -0.15) is 0 Å². The van der Waals surface area contributed by atoms with E-state index in [1.165, 1.54) is 24.8 Å². The highest BCUT2D eigenvalue weighted by atomic mass is 16.3. The molecular weight excluding hydrogens is 262 g/mol. The van der Waals surface area contributed by atoms with Crippen molar-refractivity contribution in [2.24, 2.45) is 0 Å². The van der Waals surface area contributed by atoms with Gasteiger partial charge in [0, 0.05) is 18.4 Å². The third-order valence-electron chi connectivity index (χ3n) is 4.32. The Bertz CT molecular complexity index is 651. The molecule has 0 spiro atoms. The molecule has 1 aliphatic heterocycles. The van der Waals surface area contributed by atoms with Crippen molar-refractivity contribution >= 4 is 16.8 Å². The molecule has 0 saturated carbocycles. The lowest BCUT2D eigenvalue weighted by Gasteiger charge is -2.25. The van der Waals surface area contributed by atoms with Crippen LogP contribution in [-0.4, -0.2) is 30.3 Å². The first-order chi connectivity index (χ1) is 10.1. The van der Waals surface area contributed by atoms with Crippen molar-refractivity contribution in [2.75, 3.05) is 19.6 Å². The predicted molar refractivity (Wildman–Crippen MR) is 84.9 cm³/mol. The second-order valence-corrected chi connectivity index (χ2v) is 6.19. The number of nitrogens with zero attached hydrogens (tertiary/aromatic N) is 1. The first kappa shape index (κ1) is 14.3. The smallest absolute Gasteiger partial charge is 0.199 e. The molecule has 0 aliphatic carbocycles. The second kappa shape index (κ2) is 6.02. The summed E-state index contributed by atoms with van der Waals surface area (Å²) in [4.78, 5) is 14.7. The van der Waals surface area contributed by atoms with Gasteiger partial charge < -0.3 is 9.32 Å². The number of furan rings is 1. The van der Waals surface area contributed by atoms with Gasteiger partial charge in [0.2, 0.25) is 0 Å². The first-order valence-electron chi connectivity index (χ1n) is 7.90. The Morgan fingerprint density at radius 1 is 1.14 bits per heavy atom. The third-order valence-corrected chi connectivity index (χ3v) is 4.32. The van der Waals surface area contributed by atoms with Gasteiger partial charge >= 0.3 is 0 Å². The molecule has 0 atom stereocenters. The fourth-order valence-electron chi connectivity index (χ4n) is 3.22. The summed E-state index contributed by atoms with van der Waals surface area (Å²) in [5.74, 6) is 0.629. The minimum Gasteiger partial charge on any atom is -0.453 e. The standard InChI is InChI=1S/C18H23NO2/c1-13-10-14(2)18-15(11-13)12-17(21-18)16(20)6-9-19-7-4-3-5-8-19/h10-12H,3-9H2,1-2H3. The fourth-order valence-corrected chi connectivity index (χ4v) is 3.22. The van der Waals surface area contributed by atoms with E-state index in [-0.39, 0.29) is 5.78 Å². The Balaban J connectivity index is 1.71. The molecule has 21 heavy (non-hydrogen) atoms. The van der Waals surface area contributed by atoms with E-state index < -0.39 is 0 Å². The molecule has 0 bridgehead atoms. The number of ketones is 1. The molecule has 2 aromatic rings. The van der Waals surface area contributed by atoms with Gasteiger partial charge in [0.15, 0.2) is 11.5 Å². The lowest BCUT2D eigenvalue weighted by Crippen LogP contribution is -2.31. The van der Waals surface area contributed by atoms with Crippen LogP contribution >= 0.6 is 0 Å². The molecular formula is C18H23NO2. The largest absolute Gasteiger partial charge is 0.453 e. The normalized spacial score (nSPS) is 16.5. The minimum atomic E-state index is 0.119. The summed E-state index contributed by atoms with van der Waals surface area (Å²) in [6, 6.07) is 6.06. The number of benzene rings is 1. The number of aryl methyl sites for hydroxylation is 2.